The fourth-order valence-corrected chi connectivity index (χ4v) is 2.93. The fourth-order valence-electron chi connectivity index (χ4n) is 2.55. The van der Waals surface area contributed by atoms with Crippen molar-refractivity contribution in [2.75, 3.05) is 18.5 Å². The van der Waals surface area contributed by atoms with E-state index in [1.807, 2.05) is 19.1 Å². The topological polar surface area (TPSA) is 44.5 Å². The third-order valence-corrected chi connectivity index (χ3v) is 4.09. The predicted octanol–water partition coefficient (Wildman–Crippen LogP) is 3.63. The van der Waals surface area contributed by atoms with Crippen LogP contribution in [0.4, 0.5) is 0 Å². The molecular formula is C15H18BrNO3. The molecule has 1 aliphatic heterocycles. The summed E-state index contributed by atoms with van der Waals surface area (Å²) < 4.78 is 16.9. The summed E-state index contributed by atoms with van der Waals surface area (Å²) in [5.74, 6) is 0.856. The Kier molecular flexibility index (Phi) is 4.27. The van der Waals surface area contributed by atoms with Crippen LogP contribution < -0.4 is 4.74 Å². The van der Waals surface area contributed by atoms with E-state index in [-0.39, 0.29) is 6.10 Å². The monoisotopic (exact) mass is 339 g/mol. The summed E-state index contributed by atoms with van der Waals surface area (Å²) in [6.07, 6.45) is 3.30. The van der Waals surface area contributed by atoms with E-state index in [0.717, 1.165) is 59.2 Å². The molecular weight excluding hydrogens is 322 g/mol. The second-order valence-electron chi connectivity index (χ2n) is 5.08. The number of fused-ring (bicyclic) bond motifs is 1. The van der Waals surface area contributed by atoms with Crippen molar-refractivity contribution in [1.82, 2.24) is 5.16 Å². The Bertz CT molecular complexity index is 590. The van der Waals surface area contributed by atoms with E-state index in [0.29, 0.717) is 6.61 Å². The SMILES string of the molecule is Cc1c(OCC2CCCO2)ccc2c(CCBr)noc12. The number of nitrogens with zero attached hydrogens (tertiary/aromatic N) is 1. The number of alkyl halides is 1. The molecule has 3 rings (SSSR count). The summed E-state index contributed by atoms with van der Waals surface area (Å²) in [6.45, 7) is 3.47. The van der Waals surface area contributed by atoms with E-state index >= 15 is 0 Å². The van der Waals surface area contributed by atoms with Gasteiger partial charge in [0.05, 0.1) is 11.8 Å². The van der Waals surface area contributed by atoms with Crippen LogP contribution in [0.1, 0.15) is 24.1 Å². The Morgan fingerprint density at radius 2 is 2.35 bits per heavy atom. The van der Waals surface area contributed by atoms with E-state index < -0.39 is 0 Å². The molecule has 2 heterocycles. The summed E-state index contributed by atoms with van der Waals surface area (Å²) in [5, 5.41) is 6.09. The first-order valence-electron chi connectivity index (χ1n) is 6.98. The van der Waals surface area contributed by atoms with Gasteiger partial charge >= 0.3 is 0 Å². The molecule has 5 heteroatoms. The average Bonchev–Trinajstić information content (AvgIpc) is 3.09. The molecule has 2 aromatic rings. The molecule has 0 amide bonds. The maximum Gasteiger partial charge on any atom is 0.173 e. The normalized spacial score (nSPS) is 18.8. The quantitative estimate of drug-likeness (QED) is 0.780. The molecule has 20 heavy (non-hydrogen) atoms. The van der Waals surface area contributed by atoms with Crippen molar-refractivity contribution >= 4 is 26.9 Å². The van der Waals surface area contributed by atoms with Gasteiger partial charge in [0.15, 0.2) is 5.58 Å². The Morgan fingerprint density at radius 1 is 1.45 bits per heavy atom. The number of hydrogen-bond acceptors (Lipinski definition) is 4. The minimum absolute atomic E-state index is 0.226. The van der Waals surface area contributed by atoms with Crippen molar-refractivity contribution in [3.8, 4) is 5.75 Å². The maximum absolute atomic E-state index is 5.88. The standard InChI is InChI=1S/C15H18BrNO3/c1-10-14(19-9-11-3-2-8-18-11)5-4-12-13(6-7-16)17-20-15(10)12/h4-5,11H,2-3,6-9H2,1H3. The van der Waals surface area contributed by atoms with E-state index in [1.54, 1.807) is 0 Å². The van der Waals surface area contributed by atoms with Crippen LogP contribution in [-0.2, 0) is 11.2 Å². The number of hydrogen-bond donors (Lipinski definition) is 0. The highest BCUT2D eigenvalue weighted by molar-refractivity contribution is 9.09. The second-order valence-corrected chi connectivity index (χ2v) is 5.87. The Hall–Kier alpha value is -1.07. The Labute approximate surface area is 126 Å². The Balaban J connectivity index is 1.79. The van der Waals surface area contributed by atoms with Crippen molar-refractivity contribution in [3.05, 3.63) is 23.4 Å². The number of ether oxygens (including phenoxy) is 2. The van der Waals surface area contributed by atoms with Gasteiger partial charge in [0.1, 0.15) is 12.4 Å². The molecule has 1 aromatic carbocycles. The van der Waals surface area contributed by atoms with Crippen LogP contribution in [0.25, 0.3) is 11.0 Å². The lowest BCUT2D eigenvalue weighted by molar-refractivity contribution is 0.0677. The van der Waals surface area contributed by atoms with E-state index in [1.165, 1.54) is 0 Å². The van der Waals surface area contributed by atoms with Crippen molar-refractivity contribution in [2.45, 2.75) is 32.3 Å². The van der Waals surface area contributed by atoms with E-state index in [2.05, 4.69) is 21.1 Å². The smallest absolute Gasteiger partial charge is 0.173 e. The van der Waals surface area contributed by atoms with Gasteiger partial charge in [-0.1, -0.05) is 21.1 Å². The minimum atomic E-state index is 0.226. The molecule has 0 N–H and O–H groups in total. The number of aryl methyl sites for hydroxylation is 2. The highest BCUT2D eigenvalue weighted by Crippen LogP contribution is 2.30. The number of halogens is 1. The minimum Gasteiger partial charge on any atom is -0.490 e. The molecule has 0 saturated carbocycles. The van der Waals surface area contributed by atoms with Gasteiger partial charge in [-0.15, -0.1) is 0 Å². The van der Waals surface area contributed by atoms with Gasteiger partial charge in [0.25, 0.3) is 0 Å². The number of benzene rings is 1. The molecule has 0 bridgehead atoms. The van der Waals surface area contributed by atoms with Gasteiger partial charge in [-0.3, -0.25) is 0 Å². The molecule has 1 aliphatic rings. The largest absolute Gasteiger partial charge is 0.490 e. The molecule has 1 unspecified atom stereocenters. The van der Waals surface area contributed by atoms with Gasteiger partial charge < -0.3 is 14.0 Å². The molecule has 1 fully saturated rings. The van der Waals surface area contributed by atoms with Crippen molar-refractivity contribution in [3.63, 3.8) is 0 Å². The number of rotatable bonds is 5. The Morgan fingerprint density at radius 3 is 3.10 bits per heavy atom. The zero-order chi connectivity index (χ0) is 13.9. The van der Waals surface area contributed by atoms with Crippen LogP contribution in [0.3, 0.4) is 0 Å². The molecule has 4 nitrogen and oxygen atoms in total. The van der Waals surface area contributed by atoms with Crippen LogP contribution in [0, 0.1) is 6.92 Å². The molecule has 1 saturated heterocycles. The van der Waals surface area contributed by atoms with Crippen molar-refractivity contribution in [2.24, 2.45) is 0 Å². The van der Waals surface area contributed by atoms with Crippen LogP contribution in [0.2, 0.25) is 0 Å². The highest BCUT2D eigenvalue weighted by Gasteiger charge is 2.18. The van der Waals surface area contributed by atoms with Crippen LogP contribution in [-0.4, -0.2) is 29.8 Å². The summed E-state index contributed by atoms with van der Waals surface area (Å²) >= 11 is 3.43. The van der Waals surface area contributed by atoms with E-state index in [9.17, 15) is 0 Å². The summed E-state index contributed by atoms with van der Waals surface area (Å²) in [4.78, 5) is 0. The van der Waals surface area contributed by atoms with Crippen molar-refractivity contribution < 1.29 is 14.0 Å². The molecule has 108 valence electrons. The molecule has 1 aromatic heterocycles. The fraction of sp³-hybridized carbons (Fsp3) is 0.533. The third-order valence-electron chi connectivity index (χ3n) is 3.69. The van der Waals surface area contributed by atoms with Crippen molar-refractivity contribution in [1.29, 1.82) is 0 Å². The molecule has 0 radical (unpaired) electrons. The van der Waals surface area contributed by atoms with Crippen LogP contribution >= 0.6 is 15.9 Å². The first kappa shape index (κ1) is 13.9. The lowest BCUT2D eigenvalue weighted by Gasteiger charge is -2.13. The van der Waals surface area contributed by atoms with Gasteiger partial charge in [0.2, 0.25) is 0 Å². The van der Waals surface area contributed by atoms with E-state index in [4.69, 9.17) is 14.0 Å². The van der Waals surface area contributed by atoms with Gasteiger partial charge in [-0.05, 0) is 31.9 Å². The highest BCUT2D eigenvalue weighted by atomic mass is 79.9. The molecule has 0 spiro atoms. The van der Waals surface area contributed by atoms with Crippen LogP contribution in [0.15, 0.2) is 16.7 Å². The van der Waals surface area contributed by atoms with Gasteiger partial charge in [-0.2, -0.15) is 0 Å². The lowest BCUT2D eigenvalue weighted by atomic mass is 10.1. The van der Waals surface area contributed by atoms with Gasteiger partial charge in [0, 0.05) is 29.3 Å². The maximum atomic E-state index is 5.88. The molecule has 0 aliphatic carbocycles. The molecule has 1 atom stereocenters. The average molecular weight is 340 g/mol. The predicted molar refractivity (Wildman–Crippen MR) is 80.7 cm³/mol. The first-order valence-corrected chi connectivity index (χ1v) is 8.10. The number of aromatic nitrogens is 1. The zero-order valence-corrected chi connectivity index (χ0v) is 13.1. The first-order chi connectivity index (χ1) is 9.79. The zero-order valence-electron chi connectivity index (χ0n) is 11.5. The van der Waals surface area contributed by atoms with Gasteiger partial charge in [-0.25, -0.2) is 0 Å². The lowest BCUT2D eigenvalue weighted by Crippen LogP contribution is -2.16. The summed E-state index contributed by atoms with van der Waals surface area (Å²) in [7, 11) is 0. The summed E-state index contributed by atoms with van der Waals surface area (Å²) in [5.41, 5.74) is 2.82. The summed E-state index contributed by atoms with van der Waals surface area (Å²) in [6, 6.07) is 4.03. The van der Waals surface area contributed by atoms with Crippen LogP contribution in [0.5, 0.6) is 5.75 Å². The third kappa shape index (κ3) is 2.69. The second kappa shape index (κ2) is 6.14.